The fourth-order valence-corrected chi connectivity index (χ4v) is 4.31. The first kappa shape index (κ1) is 14.0. The predicted molar refractivity (Wildman–Crippen MR) is 89.9 cm³/mol. The summed E-state index contributed by atoms with van der Waals surface area (Å²) < 4.78 is 0. The van der Waals surface area contributed by atoms with Crippen molar-refractivity contribution in [1.82, 2.24) is 5.32 Å². The van der Waals surface area contributed by atoms with Crippen LogP contribution >= 0.6 is 0 Å². The van der Waals surface area contributed by atoms with Crippen molar-refractivity contribution in [2.45, 2.75) is 50.6 Å². The molecule has 0 spiro atoms. The van der Waals surface area contributed by atoms with Crippen molar-refractivity contribution in [3.63, 3.8) is 0 Å². The Morgan fingerprint density at radius 2 is 1.73 bits per heavy atom. The molecule has 2 aliphatic rings. The highest BCUT2D eigenvalue weighted by molar-refractivity contribution is 5.91. The van der Waals surface area contributed by atoms with Gasteiger partial charge in [-0.3, -0.25) is 4.79 Å². The van der Waals surface area contributed by atoms with Gasteiger partial charge >= 0.3 is 0 Å². The van der Waals surface area contributed by atoms with E-state index in [0.717, 1.165) is 12.8 Å². The molecule has 22 heavy (non-hydrogen) atoms. The molecule has 0 radical (unpaired) electrons. The molecular weight excluding hydrogens is 270 g/mol. The van der Waals surface area contributed by atoms with Crippen LogP contribution in [0.25, 0.3) is 10.8 Å². The molecule has 2 atom stereocenters. The summed E-state index contributed by atoms with van der Waals surface area (Å²) in [5.41, 5.74) is 1.19. The van der Waals surface area contributed by atoms with Gasteiger partial charge in [-0.2, -0.15) is 0 Å². The number of fused-ring (bicyclic) bond motifs is 3. The van der Waals surface area contributed by atoms with Crippen LogP contribution in [0.2, 0.25) is 0 Å². The van der Waals surface area contributed by atoms with Gasteiger partial charge in [0, 0.05) is 24.4 Å². The average molecular weight is 293 g/mol. The quantitative estimate of drug-likeness (QED) is 0.930. The van der Waals surface area contributed by atoms with Crippen molar-refractivity contribution in [2.24, 2.45) is 5.92 Å². The molecule has 1 N–H and O–H groups in total. The van der Waals surface area contributed by atoms with E-state index < -0.39 is 0 Å². The minimum atomic E-state index is 0.260. The first-order chi connectivity index (χ1) is 10.8. The van der Waals surface area contributed by atoms with Crippen LogP contribution in [0.1, 0.15) is 37.7 Å². The second kappa shape index (κ2) is 5.85. The predicted octanol–water partition coefficient (Wildman–Crippen LogP) is 3.87. The molecule has 2 unspecified atom stereocenters. The van der Waals surface area contributed by atoms with Crippen LogP contribution in [0.3, 0.4) is 0 Å². The van der Waals surface area contributed by atoms with Gasteiger partial charge in [-0.25, -0.2) is 0 Å². The number of Topliss-reactive ketones (excluding diaryl/α,β-unsaturated/α-hetero) is 1. The monoisotopic (exact) mass is 293 g/mol. The van der Waals surface area contributed by atoms with Crippen LogP contribution < -0.4 is 5.32 Å². The van der Waals surface area contributed by atoms with Crippen LogP contribution in [0.4, 0.5) is 0 Å². The molecule has 0 aromatic heterocycles. The zero-order valence-electron chi connectivity index (χ0n) is 12.9. The van der Waals surface area contributed by atoms with Gasteiger partial charge in [-0.1, -0.05) is 48.9 Å². The second-order valence-corrected chi connectivity index (χ2v) is 6.94. The molecule has 4 rings (SSSR count). The Bertz CT molecular complexity index is 676. The number of benzene rings is 2. The van der Waals surface area contributed by atoms with E-state index in [4.69, 9.17) is 0 Å². The summed E-state index contributed by atoms with van der Waals surface area (Å²) >= 11 is 0. The minimum Gasteiger partial charge on any atom is -0.311 e. The lowest BCUT2D eigenvalue weighted by Crippen LogP contribution is -2.50. The van der Waals surface area contributed by atoms with E-state index in [2.05, 4.69) is 47.8 Å². The topological polar surface area (TPSA) is 29.1 Å². The first-order valence-corrected chi connectivity index (χ1v) is 8.55. The normalized spacial score (nSPS) is 27.7. The molecule has 0 amide bonds. The Morgan fingerprint density at radius 1 is 1.00 bits per heavy atom. The Labute approximate surface area is 131 Å². The van der Waals surface area contributed by atoms with E-state index in [1.165, 1.54) is 35.6 Å². The van der Waals surface area contributed by atoms with Gasteiger partial charge in [-0.15, -0.1) is 0 Å². The Hall–Kier alpha value is -1.67. The largest absolute Gasteiger partial charge is 0.311 e. The number of ketones is 1. The maximum atomic E-state index is 12.8. The summed E-state index contributed by atoms with van der Waals surface area (Å²) in [6.45, 7) is 0. The smallest absolute Gasteiger partial charge is 0.140 e. The van der Waals surface area contributed by atoms with Crippen molar-refractivity contribution >= 4 is 16.6 Å². The Balaban J connectivity index is 1.54. The molecule has 2 aliphatic heterocycles. The van der Waals surface area contributed by atoms with Gasteiger partial charge in [0.25, 0.3) is 0 Å². The third-order valence-corrected chi connectivity index (χ3v) is 5.41. The molecular formula is C20H23NO. The number of carbonyl (C=O) groups is 1. The summed E-state index contributed by atoms with van der Waals surface area (Å²) in [6.07, 6.45) is 6.49. The number of nitrogens with one attached hydrogen (secondary N) is 1. The van der Waals surface area contributed by atoms with Crippen molar-refractivity contribution < 1.29 is 4.79 Å². The van der Waals surface area contributed by atoms with Crippen molar-refractivity contribution in [2.75, 3.05) is 0 Å². The number of carbonyl (C=O) groups excluding carboxylic acids is 1. The Morgan fingerprint density at radius 3 is 2.55 bits per heavy atom. The molecule has 2 saturated heterocycles. The number of piperidine rings is 2. The van der Waals surface area contributed by atoms with E-state index in [1.807, 2.05) is 0 Å². The molecule has 2 heteroatoms. The average Bonchev–Trinajstić information content (AvgIpc) is 2.55. The summed E-state index contributed by atoms with van der Waals surface area (Å²) in [7, 11) is 0. The van der Waals surface area contributed by atoms with Gasteiger partial charge in [0.05, 0.1) is 0 Å². The van der Waals surface area contributed by atoms with Crippen molar-refractivity contribution in [3.8, 4) is 0 Å². The van der Waals surface area contributed by atoms with Crippen LogP contribution in [0, 0.1) is 5.92 Å². The molecule has 2 aromatic carbocycles. The highest BCUT2D eigenvalue weighted by Gasteiger charge is 2.34. The Kier molecular flexibility index (Phi) is 3.71. The molecule has 2 heterocycles. The highest BCUT2D eigenvalue weighted by atomic mass is 16.1. The summed E-state index contributed by atoms with van der Waals surface area (Å²) in [4.78, 5) is 12.8. The van der Waals surface area contributed by atoms with Crippen LogP contribution in [0.15, 0.2) is 42.5 Å². The zero-order chi connectivity index (χ0) is 14.9. The lowest BCUT2D eigenvalue weighted by molar-refractivity contribution is -0.124. The summed E-state index contributed by atoms with van der Waals surface area (Å²) in [5.74, 6) is 0.699. The molecule has 2 nitrogen and oxygen atoms in total. The third kappa shape index (κ3) is 2.68. The highest BCUT2D eigenvalue weighted by Crippen LogP contribution is 2.31. The SMILES string of the molecule is O=C(Cc1cccc2ccccc12)C1CC2CCCC(C1)N2. The van der Waals surface area contributed by atoms with E-state index in [-0.39, 0.29) is 5.92 Å². The molecule has 114 valence electrons. The zero-order valence-corrected chi connectivity index (χ0v) is 12.9. The van der Waals surface area contributed by atoms with Crippen LogP contribution in [0.5, 0.6) is 0 Å². The fraction of sp³-hybridized carbons (Fsp3) is 0.450. The van der Waals surface area contributed by atoms with E-state index in [1.54, 1.807) is 0 Å². The van der Waals surface area contributed by atoms with E-state index in [0.29, 0.717) is 24.3 Å². The molecule has 0 saturated carbocycles. The van der Waals surface area contributed by atoms with Gasteiger partial charge < -0.3 is 5.32 Å². The van der Waals surface area contributed by atoms with Gasteiger partial charge in [0.15, 0.2) is 0 Å². The molecule has 0 aliphatic carbocycles. The lowest BCUT2D eigenvalue weighted by Gasteiger charge is -2.39. The van der Waals surface area contributed by atoms with Gasteiger partial charge in [0.2, 0.25) is 0 Å². The minimum absolute atomic E-state index is 0.260. The molecule has 2 bridgehead atoms. The maximum absolute atomic E-state index is 12.8. The second-order valence-electron chi connectivity index (χ2n) is 6.94. The van der Waals surface area contributed by atoms with Crippen LogP contribution in [-0.4, -0.2) is 17.9 Å². The number of hydrogen-bond donors (Lipinski definition) is 1. The fourth-order valence-electron chi connectivity index (χ4n) is 4.31. The lowest BCUT2D eigenvalue weighted by atomic mass is 9.77. The molecule has 2 aromatic rings. The van der Waals surface area contributed by atoms with Crippen LogP contribution in [-0.2, 0) is 11.2 Å². The van der Waals surface area contributed by atoms with Gasteiger partial charge in [0.1, 0.15) is 5.78 Å². The standard InChI is InChI=1S/C20H23NO/c22-20(16-11-17-8-4-9-18(12-16)21-17)13-15-7-3-6-14-5-1-2-10-19(14)15/h1-3,5-7,10,16-18,21H,4,8-9,11-13H2. The number of hydrogen-bond acceptors (Lipinski definition) is 2. The van der Waals surface area contributed by atoms with Crippen molar-refractivity contribution in [1.29, 1.82) is 0 Å². The summed E-state index contributed by atoms with van der Waals surface area (Å²) in [5, 5.41) is 6.14. The van der Waals surface area contributed by atoms with E-state index in [9.17, 15) is 4.79 Å². The van der Waals surface area contributed by atoms with Gasteiger partial charge in [-0.05, 0) is 42.0 Å². The summed E-state index contributed by atoms with van der Waals surface area (Å²) in [6, 6.07) is 15.8. The molecule has 2 fully saturated rings. The first-order valence-electron chi connectivity index (χ1n) is 8.55. The number of rotatable bonds is 3. The van der Waals surface area contributed by atoms with E-state index >= 15 is 0 Å². The van der Waals surface area contributed by atoms with Crippen molar-refractivity contribution in [3.05, 3.63) is 48.0 Å². The maximum Gasteiger partial charge on any atom is 0.140 e. The third-order valence-electron chi connectivity index (χ3n) is 5.41.